The normalized spacial score (nSPS) is 34.1. The zero-order valence-corrected chi connectivity index (χ0v) is 7.72. The van der Waals surface area contributed by atoms with Crippen LogP contribution in [0.2, 0.25) is 0 Å². The molecule has 70 valence electrons. The number of ether oxygens (including phenoxy) is 2. The van der Waals surface area contributed by atoms with E-state index in [1.807, 2.05) is 0 Å². The molecule has 1 aliphatic rings. The van der Waals surface area contributed by atoms with Crippen molar-refractivity contribution in [3.8, 4) is 0 Å². The summed E-state index contributed by atoms with van der Waals surface area (Å²) in [5.41, 5.74) is -0.491. The Morgan fingerprint density at radius 2 is 2.08 bits per heavy atom. The van der Waals surface area contributed by atoms with Crippen molar-refractivity contribution in [1.82, 2.24) is 5.32 Å². The number of carbonyl (C=O) groups is 1. The number of esters is 1. The highest BCUT2D eigenvalue weighted by molar-refractivity contribution is 5.82. The maximum atomic E-state index is 11.3. The number of methoxy groups -OCH3 is 2. The Hall–Kier alpha value is -0.610. The van der Waals surface area contributed by atoms with Gasteiger partial charge in [-0.05, 0) is 7.05 Å². The van der Waals surface area contributed by atoms with Gasteiger partial charge in [0.15, 0.2) is 0 Å². The van der Waals surface area contributed by atoms with Crippen molar-refractivity contribution in [2.24, 2.45) is 0 Å². The number of likely N-dealkylation sites (N-methyl/N-ethyl adjacent to an activating group) is 1. The average Bonchev–Trinajstić information content (AvgIpc) is 2.04. The summed E-state index contributed by atoms with van der Waals surface area (Å²) in [6.07, 6.45) is 1.59. The van der Waals surface area contributed by atoms with E-state index in [4.69, 9.17) is 4.74 Å². The second kappa shape index (κ2) is 3.41. The van der Waals surface area contributed by atoms with Gasteiger partial charge in [-0.1, -0.05) is 0 Å². The van der Waals surface area contributed by atoms with Crippen LogP contribution < -0.4 is 5.32 Å². The van der Waals surface area contributed by atoms with E-state index in [2.05, 4.69) is 10.1 Å². The molecule has 0 spiro atoms. The Morgan fingerprint density at radius 3 is 2.42 bits per heavy atom. The summed E-state index contributed by atoms with van der Waals surface area (Å²) < 4.78 is 9.77. The van der Waals surface area contributed by atoms with Gasteiger partial charge in [0.25, 0.3) is 0 Å². The molecule has 0 saturated heterocycles. The molecule has 12 heavy (non-hydrogen) atoms. The zero-order valence-electron chi connectivity index (χ0n) is 7.72. The van der Waals surface area contributed by atoms with E-state index in [9.17, 15) is 4.79 Å². The van der Waals surface area contributed by atoms with Crippen LogP contribution in [0.3, 0.4) is 0 Å². The molecule has 0 aromatic rings. The van der Waals surface area contributed by atoms with Crippen LogP contribution in [-0.4, -0.2) is 38.9 Å². The van der Waals surface area contributed by atoms with Crippen molar-refractivity contribution in [3.63, 3.8) is 0 Å². The first-order chi connectivity index (χ1) is 5.68. The first-order valence-corrected chi connectivity index (χ1v) is 3.98. The molecule has 0 aromatic heterocycles. The van der Waals surface area contributed by atoms with E-state index in [-0.39, 0.29) is 12.1 Å². The standard InChI is InChI=1S/C8H15NO3/c1-9-8(7(10)12-3)4-6(5-8)11-2/h6,9H,4-5H2,1-3H3. The summed E-state index contributed by atoms with van der Waals surface area (Å²) in [7, 11) is 4.83. The van der Waals surface area contributed by atoms with Gasteiger partial charge in [-0.15, -0.1) is 0 Å². The van der Waals surface area contributed by atoms with Gasteiger partial charge in [-0.2, -0.15) is 0 Å². The lowest BCUT2D eigenvalue weighted by atomic mass is 9.74. The third-order valence-electron chi connectivity index (χ3n) is 2.54. The third kappa shape index (κ3) is 1.32. The maximum absolute atomic E-state index is 11.3. The highest BCUT2D eigenvalue weighted by atomic mass is 16.5. The van der Waals surface area contributed by atoms with E-state index >= 15 is 0 Å². The Morgan fingerprint density at radius 1 is 1.50 bits per heavy atom. The molecule has 0 amide bonds. The number of nitrogens with one attached hydrogen (secondary N) is 1. The second-order valence-electron chi connectivity index (χ2n) is 3.09. The predicted octanol–water partition coefficient (Wildman–Crippen LogP) is -0.0736. The molecule has 1 aliphatic carbocycles. The van der Waals surface area contributed by atoms with Gasteiger partial charge in [-0.25, -0.2) is 0 Å². The largest absolute Gasteiger partial charge is 0.468 e. The van der Waals surface area contributed by atoms with E-state index in [0.29, 0.717) is 12.8 Å². The Labute approximate surface area is 72.2 Å². The molecule has 4 nitrogen and oxygen atoms in total. The number of carbonyl (C=O) groups excluding carboxylic acids is 1. The summed E-state index contributed by atoms with van der Waals surface area (Å²) in [6, 6.07) is 0. The summed E-state index contributed by atoms with van der Waals surface area (Å²) in [6.45, 7) is 0. The first-order valence-electron chi connectivity index (χ1n) is 3.98. The van der Waals surface area contributed by atoms with Crippen LogP contribution >= 0.6 is 0 Å². The molecule has 0 atom stereocenters. The van der Waals surface area contributed by atoms with Crippen molar-refractivity contribution >= 4 is 5.97 Å². The molecule has 4 heteroatoms. The van der Waals surface area contributed by atoms with Crippen LogP contribution in [-0.2, 0) is 14.3 Å². The molecule has 0 aromatic carbocycles. The molecule has 0 bridgehead atoms. The summed E-state index contributed by atoms with van der Waals surface area (Å²) >= 11 is 0. The van der Waals surface area contributed by atoms with Crippen LogP contribution in [0.4, 0.5) is 0 Å². The molecular formula is C8H15NO3. The fourth-order valence-corrected chi connectivity index (χ4v) is 1.55. The monoisotopic (exact) mass is 173 g/mol. The van der Waals surface area contributed by atoms with E-state index in [0.717, 1.165) is 0 Å². The Bertz CT molecular complexity index is 175. The highest BCUT2D eigenvalue weighted by Gasteiger charge is 2.50. The Kier molecular flexibility index (Phi) is 2.69. The third-order valence-corrected chi connectivity index (χ3v) is 2.54. The van der Waals surface area contributed by atoms with Crippen molar-refractivity contribution in [1.29, 1.82) is 0 Å². The van der Waals surface area contributed by atoms with Crippen molar-refractivity contribution in [3.05, 3.63) is 0 Å². The maximum Gasteiger partial charge on any atom is 0.326 e. The SMILES string of the molecule is CNC1(C(=O)OC)CC(OC)C1. The smallest absolute Gasteiger partial charge is 0.326 e. The number of rotatable bonds is 3. The molecule has 0 radical (unpaired) electrons. The van der Waals surface area contributed by atoms with Gasteiger partial charge in [0.05, 0.1) is 13.2 Å². The van der Waals surface area contributed by atoms with Crippen LogP contribution in [0.5, 0.6) is 0 Å². The molecule has 0 heterocycles. The lowest BCUT2D eigenvalue weighted by Crippen LogP contribution is -2.62. The van der Waals surface area contributed by atoms with Crippen LogP contribution in [0, 0.1) is 0 Å². The molecule has 1 saturated carbocycles. The minimum absolute atomic E-state index is 0.191. The minimum Gasteiger partial charge on any atom is -0.468 e. The lowest BCUT2D eigenvalue weighted by Gasteiger charge is -2.43. The number of hydrogen-bond donors (Lipinski definition) is 1. The molecule has 1 fully saturated rings. The summed E-state index contributed by atoms with van der Waals surface area (Å²) in [4.78, 5) is 11.3. The van der Waals surface area contributed by atoms with Gasteiger partial charge < -0.3 is 14.8 Å². The first kappa shape index (κ1) is 9.48. The van der Waals surface area contributed by atoms with Gasteiger partial charge in [-0.3, -0.25) is 4.79 Å². The fraction of sp³-hybridized carbons (Fsp3) is 0.875. The highest BCUT2D eigenvalue weighted by Crippen LogP contribution is 2.34. The van der Waals surface area contributed by atoms with Gasteiger partial charge in [0, 0.05) is 20.0 Å². The van der Waals surface area contributed by atoms with E-state index < -0.39 is 5.54 Å². The van der Waals surface area contributed by atoms with Crippen LogP contribution in [0.25, 0.3) is 0 Å². The number of hydrogen-bond acceptors (Lipinski definition) is 4. The van der Waals surface area contributed by atoms with Gasteiger partial charge in [0.2, 0.25) is 0 Å². The second-order valence-corrected chi connectivity index (χ2v) is 3.09. The van der Waals surface area contributed by atoms with Crippen molar-refractivity contribution in [2.75, 3.05) is 21.3 Å². The fourth-order valence-electron chi connectivity index (χ4n) is 1.55. The molecule has 1 rings (SSSR count). The molecule has 1 N–H and O–H groups in total. The molecular weight excluding hydrogens is 158 g/mol. The quantitative estimate of drug-likeness (QED) is 0.607. The van der Waals surface area contributed by atoms with Gasteiger partial charge in [0.1, 0.15) is 5.54 Å². The summed E-state index contributed by atoms with van der Waals surface area (Å²) in [5, 5.41) is 2.98. The average molecular weight is 173 g/mol. The molecule has 0 aliphatic heterocycles. The van der Waals surface area contributed by atoms with Crippen LogP contribution in [0.15, 0.2) is 0 Å². The van der Waals surface area contributed by atoms with Crippen LogP contribution in [0.1, 0.15) is 12.8 Å². The predicted molar refractivity (Wildman–Crippen MR) is 43.8 cm³/mol. The minimum atomic E-state index is -0.491. The van der Waals surface area contributed by atoms with Gasteiger partial charge >= 0.3 is 5.97 Å². The summed E-state index contributed by atoms with van der Waals surface area (Å²) in [5.74, 6) is -0.196. The van der Waals surface area contributed by atoms with Crippen molar-refractivity contribution < 1.29 is 14.3 Å². The van der Waals surface area contributed by atoms with E-state index in [1.165, 1.54) is 7.11 Å². The van der Waals surface area contributed by atoms with E-state index in [1.54, 1.807) is 14.2 Å². The molecule has 0 unspecified atom stereocenters. The topological polar surface area (TPSA) is 47.6 Å². The lowest BCUT2D eigenvalue weighted by molar-refractivity contribution is -0.159. The van der Waals surface area contributed by atoms with Crippen molar-refractivity contribution in [2.45, 2.75) is 24.5 Å². The Balaban J connectivity index is 2.52. The zero-order chi connectivity index (χ0) is 9.19.